The van der Waals surface area contributed by atoms with E-state index in [0.717, 1.165) is 42.5 Å². The number of aromatic nitrogens is 2. The number of nitrogens with one attached hydrogen (secondary N) is 1. The summed E-state index contributed by atoms with van der Waals surface area (Å²) in [7, 11) is 1.67. The Morgan fingerprint density at radius 2 is 2.05 bits per heavy atom. The van der Waals surface area contributed by atoms with Gasteiger partial charge in [-0.2, -0.15) is 0 Å². The van der Waals surface area contributed by atoms with Crippen molar-refractivity contribution < 1.29 is 4.74 Å². The first-order valence-electron chi connectivity index (χ1n) is 6.67. The molecule has 0 spiro atoms. The lowest BCUT2D eigenvalue weighted by atomic mass is 10.2. The van der Waals surface area contributed by atoms with Gasteiger partial charge in [0.05, 0.1) is 7.11 Å². The molecule has 0 bridgehead atoms. The second kappa shape index (κ2) is 6.38. The maximum Gasteiger partial charge on any atom is 0.137 e. The van der Waals surface area contributed by atoms with Gasteiger partial charge in [0.1, 0.15) is 11.6 Å². The molecule has 0 fully saturated rings. The maximum atomic E-state index is 5.23. The predicted molar refractivity (Wildman–Crippen MR) is 77.2 cm³/mol. The molecular weight excluding hydrogens is 238 g/mol. The van der Waals surface area contributed by atoms with Crippen LogP contribution in [0.3, 0.4) is 0 Å². The zero-order valence-corrected chi connectivity index (χ0v) is 11.8. The molecule has 1 aromatic carbocycles. The first-order valence-corrected chi connectivity index (χ1v) is 6.67. The summed E-state index contributed by atoms with van der Waals surface area (Å²) in [4.78, 5) is 10.2. The van der Waals surface area contributed by atoms with Crippen LogP contribution in [0.2, 0.25) is 0 Å². The van der Waals surface area contributed by atoms with E-state index in [9.17, 15) is 0 Å². The van der Waals surface area contributed by atoms with E-state index >= 15 is 0 Å². The second-order valence-electron chi connectivity index (χ2n) is 4.45. The third-order valence-corrected chi connectivity index (χ3v) is 3.26. The highest BCUT2D eigenvalue weighted by molar-refractivity contribution is 5.57. The topological polar surface area (TPSA) is 41.2 Å². The summed E-state index contributed by atoms with van der Waals surface area (Å²) < 4.78 is 5.23. The molecule has 102 valence electrons. The molecule has 0 unspecified atom stereocenters. The minimum Gasteiger partial charge on any atom is -0.497 e. The van der Waals surface area contributed by atoms with Crippen molar-refractivity contribution in [2.24, 2.45) is 0 Å². The van der Waals surface area contributed by atoms with Gasteiger partial charge in [-0.05, 0) is 25.2 Å². The minimum atomic E-state index is 0.846. The molecule has 4 nitrogen and oxygen atoms in total. The summed E-state index contributed by atoms with van der Waals surface area (Å²) in [6.07, 6.45) is 1.91. The average molecular weight is 259 g/mol. The van der Waals surface area contributed by atoms with Crippen molar-refractivity contribution in [3.8, 4) is 17.1 Å². The number of rotatable bonds is 6. The normalized spacial score (nSPS) is 10.9. The number of benzene rings is 1. The molecule has 4 heteroatoms. The summed E-state index contributed by atoms with van der Waals surface area (Å²) >= 11 is 0. The smallest absolute Gasteiger partial charge is 0.137 e. The Morgan fingerprint density at radius 3 is 2.74 bits per heavy atom. The number of aromatic amines is 1. The predicted octanol–water partition coefficient (Wildman–Crippen LogP) is 2.93. The molecule has 1 N–H and O–H groups in total. The quantitative estimate of drug-likeness (QED) is 0.867. The summed E-state index contributed by atoms with van der Waals surface area (Å²) in [5.74, 6) is 1.74. The van der Waals surface area contributed by atoms with Gasteiger partial charge in [0.25, 0.3) is 0 Å². The molecule has 1 aromatic heterocycles. The van der Waals surface area contributed by atoms with Crippen molar-refractivity contribution >= 4 is 0 Å². The highest BCUT2D eigenvalue weighted by Crippen LogP contribution is 2.21. The molecule has 0 aliphatic carbocycles. The summed E-state index contributed by atoms with van der Waals surface area (Å²) in [6, 6.07) is 7.92. The number of imidazole rings is 1. The van der Waals surface area contributed by atoms with Crippen LogP contribution in [0, 0.1) is 0 Å². The van der Waals surface area contributed by atoms with Crippen LogP contribution in [0.5, 0.6) is 5.75 Å². The molecular formula is C15H21N3O. The molecule has 0 saturated heterocycles. The molecule has 0 radical (unpaired) electrons. The lowest BCUT2D eigenvalue weighted by Crippen LogP contribution is -2.22. The average Bonchev–Trinajstić information content (AvgIpc) is 2.93. The third-order valence-electron chi connectivity index (χ3n) is 3.26. The molecule has 0 atom stereocenters. The van der Waals surface area contributed by atoms with E-state index in [1.807, 2.05) is 30.5 Å². The molecule has 2 aromatic rings. The van der Waals surface area contributed by atoms with Gasteiger partial charge >= 0.3 is 0 Å². The molecule has 0 aliphatic rings. The fourth-order valence-electron chi connectivity index (χ4n) is 2.04. The van der Waals surface area contributed by atoms with E-state index in [1.165, 1.54) is 0 Å². The van der Waals surface area contributed by atoms with Gasteiger partial charge in [-0.3, -0.25) is 4.90 Å². The SMILES string of the molecule is CCN(CC)Cc1cnc(-c2cccc(OC)c2)[nH]1. The van der Waals surface area contributed by atoms with E-state index < -0.39 is 0 Å². The number of nitrogens with zero attached hydrogens (tertiary/aromatic N) is 2. The van der Waals surface area contributed by atoms with Gasteiger partial charge in [-0.15, -0.1) is 0 Å². The van der Waals surface area contributed by atoms with Crippen LogP contribution < -0.4 is 4.74 Å². The Kier molecular flexibility index (Phi) is 4.58. The Balaban J connectivity index is 2.15. The Hall–Kier alpha value is -1.81. The van der Waals surface area contributed by atoms with Gasteiger partial charge in [-0.25, -0.2) is 4.98 Å². The molecule has 0 aliphatic heterocycles. The monoisotopic (exact) mass is 259 g/mol. The first-order chi connectivity index (χ1) is 9.26. The lowest BCUT2D eigenvalue weighted by molar-refractivity contribution is 0.293. The highest BCUT2D eigenvalue weighted by atomic mass is 16.5. The molecule has 0 amide bonds. The summed E-state index contributed by atoms with van der Waals surface area (Å²) in [6.45, 7) is 7.34. The Morgan fingerprint density at radius 1 is 1.26 bits per heavy atom. The van der Waals surface area contributed by atoms with E-state index in [0.29, 0.717) is 0 Å². The second-order valence-corrected chi connectivity index (χ2v) is 4.45. The van der Waals surface area contributed by atoms with Crippen LogP contribution in [0.15, 0.2) is 30.5 Å². The van der Waals surface area contributed by atoms with Crippen molar-refractivity contribution in [2.45, 2.75) is 20.4 Å². The number of hydrogen-bond acceptors (Lipinski definition) is 3. The van der Waals surface area contributed by atoms with Crippen LogP contribution in [0.4, 0.5) is 0 Å². The Labute approximate surface area is 114 Å². The fourth-order valence-corrected chi connectivity index (χ4v) is 2.04. The van der Waals surface area contributed by atoms with E-state index in [2.05, 4.69) is 28.7 Å². The van der Waals surface area contributed by atoms with Crippen molar-refractivity contribution in [1.29, 1.82) is 0 Å². The van der Waals surface area contributed by atoms with Crippen LogP contribution in [0.25, 0.3) is 11.4 Å². The van der Waals surface area contributed by atoms with Crippen LogP contribution >= 0.6 is 0 Å². The van der Waals surface area contributed by atoms with Crippen LogP contribution in [0.1, 0.15) is 19.5 Å². The fraction of sp³-hybridized carbons (Fsp3) is 0.400. The highest BCUT2D eigenvalue weighted by Gasteiger charge is 2.07. The third kappa shape index (κ3) is 3.35. The van der Waals surface area contributed by atoms with E-state index in [1.54, 1.807) is 7.11 Å². The maximum absolute atomic E-state index is 5.23. The number of H-pyrrole nitrogens is 1. The molecule has 2 rings (SSSR count). The van der Waals surface area contributed by atoms with Crippen molar-refractivity contribution in [2.75, 3.05) is 20.2 Å². The van der Waals surface area contributed by atoms with Gasteiger partial charge in [0.15, 0.2) is 0 Å². The molecule has 19 heavy (non-hydrogen) atoms. The zero-order valence-electron chi connectivity index (χ0n) is 11.8. The summed E-state index contributed by atoms with van der Waals surface area (Å²) in [5.41, 5.74) is 2.19. The lowest BCUT2D eigenvalue weighted by Gasteiger charge is -2.16. The minimum absolute atomic E-state index is 0.846. The van der Waals surface area contributed by atoms with Gasteiger partial charge in [0, 0.05) is 24.0 Å². The number of methoxy groups -OCH3 is 1. The first kappa shape index (κ1) is 13.6. The van der Waals surface area contributed by atoms with Gasteiger partial charge in [-0.1, -0.05) is 26.0 Å². The van der Waals surface area contributed by atoms with Gasteiger partial charge in [0.2, 0.25) is 0 Å². The standard InChI is InChI=1S/C15H21N3O/c1-4-18(5-2)11-13-10-16-15(17-13)12-7-6-8-14(9-12)19-3/h6-10H,4-5,11H2,1-3H3,(H,16,17). The van der Waals surface area contributed by atoms with Crippen molar-refractivity contribution in [3.05, 3.63) is 36.2 Å². The molecule has 0 saturated carbocycles. The van der Waals surface area contributed by atoms with Crippen molar-refractivity contribution in [3.63, 3.8) is 0 Å². The van der Waals surface area contributed by atoms with E-state index in [-0.39, 0.29) is 0 Å². The van der Waals surface area contributed by atoms with Gasteiger partial charge < -0.3 is 9.72 Å². The Bertz CT molecular complexity index is 518. The van der Waals surface area contributed by atoms with Crippen molar-refractivity contribution in [1.82, 2.24) is 14.9 Å². The largest absolute Gasteiger partial charge is 0.497 e. The zero-order chi connectivity index (χ0) is 13.7. The van der Waals surface area contributed by atoms with Crippen LogP contribution in [-0.4, -0.2) is 35.1 Å². The molecule has 1 heterocycles. The summed E-state index contributed by atoms with van der Waals surface area (Å²) in [5, 5.41) is 0. The number of hydrogen-bond donors (Lipinski definition) is 1. The number of ether oxygens (including phenoxy) is 1. The van der Waals surface area contributed by atoms with Crippen LogP contribution in [-0.2, 0) is 6.54 Å². The van der Waals surface area contributed by atoms with E-state index in [4.69, 9.17) is 4.74 Å².